The van der Waals surface area contributed by atoms with Gasteiger partial charge in [0.1, 0.15) is 11.6 Å². The molecule has 0 aromatic heterocycles. The Labute approximate surface area is 139 Å². The predicted molar refractivity (Wildman–Crippen MR) is 87.2 cm³/mol. The van der Waals surface area contributed by atoms with Crippen LogP contribution in [0.15, 0.2) is 54.6 Å². The Balaban J connectivity index is 1.52. The molecule has 6 heteroatoms. The highest BCUT2D eigenvalue weighted by atomic mass is 19.1. The van der Waals surface area contributed by atoms with Crippen molar-refractivity contribution in [2.24, 2.45) is 0 Å². The highest BCUT2D eigenvalue weighted by molar-refractivity contribution is 5.96. The van der Waals surface area contributed by atoms with E-state index in [1.165, 1.54) is 12.1 Å². The molecule has 2 amide bonds. The molecule has 1 heterocycles. The van der Waals surface area contributed by atoms with E-state index in [1.807, 2.05) is 18.2 Å². The topological polar surface area (TPSA) is 58.6 Å². The van der Waals surface area contributed by atoms with Crippen molar-refractivity contribution in [1.82, 2.24) is 5.32 Å². The standard InChI is InChI=1S/C18H17FN2O3/c19-13-6-8-15(9-7-13)21-11-14(10-18(21)23)20-17(22)12-24-16-4-2-1-3-5-16/h1-9,14H,10-12H2,(H,20,22). The lowest BCUT2D eigenvalue weighted by atomic mass is 10.2. The molecule has 3 rings (SSSR count). The van der Waals surface area contributed by atoms with Crippen LogP contribution in [0.3, 0.4) is 0 Å². The van der Waals surface area contributed by atoms with Gasteiger partial charge in [-0.2, -0.15) is 0 Å². The summed E-state index contributed by atoms with van der Waals surface area (Å²) in [7, 11) is 0. The van der Waals surface area contributed by atoms with Gasteiger partial charge in [0.25, 0.3) is 5.91 Å². The van der Waals surface area contributed by atoms with Gasteiger partial charge in [0.15, 0.2) is 6.61 Å². The number of carbonyl (C=O) groups is 2. The molecule has 1 N–H and O–H groups in total. The summed E-state index contributed by atoms with van der Waals surface area (Å²) in [4.78, 5) is 25.6. The largest absolute Gasteiger partial charge is 0.484 e. The monoisotopic (exact) mass is 328 g/mol. The Morgan fingerprint density at radius 1 is 1.17 bits per heavy atom. The molecular weight excluding hydrogens is 311 g/mol. The quantitative estimate of drug-likeness (QED) is 0.915. The Bertz CT molecular complexity index is 719. The molecule has 124 valence electrons. The van der Waals surface area contributed by atoms with Crippen LogP contribution in [0.5, 0.6) is 5.75 Å². The highest BCUT2D eigenvalue weighted by Gasteiger charge is 2.31. The number of ether oxygens (including phenoxy) is 1. The number of anilines is 1. The number of para-hydroxylation sites is 1. The van der Waals surface area contributed by atoms with Crippen molar-refractivity contribution >= 4 is 17.5 Å². The number of halogens is 1. The zero-order valence-electron chi connectivity index (χ0n) is 12.9. The van der Waals surface area contributed by atoms with Crippen LogP contribution < -0.4 is 15.0 Å². The first kappa shape index (κ1) is 16.0. The zero-order valence-corrected chi connectivity index (χ0v) is 12.9. The number of hydrogen-bond donors (Lipinski definition) is 1. The van der Waals surface area contributed by atoms with E-state index in [0.717, 1.165) is 0 Å². The molecule has 2 aromatic rings. The van der Waals surface area contributed by atoms with Crippen molar-refractivity contribution < 1.29 is 18.7 Å². The minimum absolute atomic E-state index is 0.101. The van der Waals surface area contributed by atoms with E-state index in [9.17, 15) is 14.0 Å². The van der Waals surface area contributed by atoms with Gasteiger partial charge in [0.05, 0.1) is 6.04 Å². The molecule has 0 saturated carbocycles. The second-order valence-corrected chi connectivity index (χ2v) is 5.55. The fourth-order valence-corrected chi connectivity index (χ4v) is 2.61. The maximum Gasteiger partial charge on any atom is 0.258 e. The zero-order chi connectivity index (χ0) is 16.9. The molecule has 1 fully saturated rings. The van der Waals surface area contributed by atoms with E-state index in [4.69, 9.17) is 4.74 Å². The summed E-state index contributed by atoms with van der Waals surface area (Å²) in [5, 5.41) is 2.79. The molecule has 0 radical (unpaired) electrons. The van der Waals surface area contributed by atoms with E-state index in [1.54, 1.807) is 29.2 Å². The first-order valence-corrected chi connectivity index (χ1v) is 7.65. The lowest BCUT2D eigenvalue weighted by molar-refractivity contribution is -0.123. The van der Waals surface area contributed by atoms with Crippen LogP contribution in [0.25, 0.3) is 0 Å². The van der Waals surface area contributed by atoms with Gasteiger partial charge in [-0.3, -0.25) is 9.59 Å². The van der Waals surface area contributed by atoms with Crippen LogP contribution in [0.2, 0.25) is 0 Å². The third-order valence-electron chi connectivity index (χ3n) is 3.74. The van der Waals surface area contributed by atoms with Crippen LogP contribution in [0.1, 0.15) is 6.42 Å². The van der Waals surface area contributed by atoms with Crippen LogP contribution in [0.4, 0.5) is 10.1 Å². The summed E-state index contributed by atoms with van der Waals surface area (Å²) in [6.07, 6.45) is 0.217. The molecule has 24 heavy (non-hydrogen) atoms. The predicted octanol–water partition coefficient (Wildman–Crippen LogP) is 2.13. The fourth-order valence-electron chi connectivity index (χ4n) is 2.61. The summed E-state index contributed by atoms with van der Waals surface area (Å²) in [5.41, 5.74) is 0.624. The molecule has 2 aromatic carbocycles. The van der Waals surface area contributed by atoms with Crippen LogP contribution >= 0.6 is 0 Å². The van der Waals surface area contributed by atoms with Crippen molar-refractivity contribution in [2.45, 2.75) is 12.5 Å². The Hall–Kier alpha value is -2.89. The van der Waals surface area contributed by atoms with E-state index in [0.29, 0.717) is 18.0 Å². The number of hydrogen-bond acceptors (Lipinski definition) is 3. The molecule has 0 bridgehead atoms. The first-order valence-electron chi connectivity index (χ1n) is 7.65. The molecule has 1 aliphatic rings. The van der Waals surface area contributed by atoms with Crippen molar-refractivity contribution in [1.29, 1.82) is 0 Å². The maximum absolute atomic E-state index is 13.0. The molecule has 0 spiro atoms. The average molecular weight is 328 g/mol. The first-order chi connectivity index (χ1) is 11.6. The second kappa shape index (κ2) is 7.12. The van der Waals surface area contributed by atoms with E-state index >= 15 is 0 Å². The van der Waals surface area contributed by atoms with E-state index in [-0.39, 0.29) is 36.7 Å². The summed E-state index contributed by atoms with van der Waals surface area (Å²) < 4.78 is 18.3. The average Bonchev–Trinajstić information content (AvgIpc) is 2.95. The molecule has 1 aliphatic heterocycles. The summed E-state index contributed by atoms with van der Waals surface area (Å²) in [6, 6.07) is 14.5. The maximum atomic E-state index is 13.0. The molecule has 5 nitrogen and oxygen atoms in total. The van der Waals surface area contributed by atoms with Crippen LogP contribution in [-0.2, 0) is 9.59 Å². The third-order valence-corrected chi connectivity index (χ3v) is 3.74. The number of rotatable bonds is 5. The smallest absolute Gasteiger partial charge is 0.258 e. The fraction of sp³-hybridized carbons (Fsp3) is 0.222. The van der Waals surface area contributed by atoms with Crippen molar-refractivity contribution in [3.8, 4) is 5.75 Å². The molecule has 1 unspecified atom stereocenters. The lowest BCUT2D eigenvalue weighted by Gasteiger charge is -2.17. The lowest BCUT2D eigenvalue weighted by Crippen LogP contribution is -2.39. The number of carbonyl (C=O) groups excluding carboxylic acids is 2. The van der Waals surface area contributed by atoms with Gasteiger partial charge in [-0.05, 0) is 36.4 Å². The van der Waals surface area contributed by atoms with Gasteiger partial charge in [-0.1, -0.05) is 18.2 Å². The second-order valence-electron chi connectivity index (χ2n) is 5.55. The third kappa shape index (κ3) is 3.90. The molecule has 1 atom stereocenters. The Morgan fingerprint density at radius 2 is 1.88 bits per heavy atom. The molecule has 0 aliphatic carbocycles. The number of benzene rings is 2. The van der Waals surface area contributed by atoms with Gasteiger partial charge in [-0.25, -0.2) is 4.39 Å². The van der Waals surface area contributed by atoms with E-state index < -0.39 is 0 Å². The van der Waals surface area contributed by atoms with Crippen molar-refractivity contribution in [2.75, 3.05) is 18.1 Å². The molecule has 1 saturated heterocycles. The van der Waals surface area contributed by atoms with Gasteiger partial charge >= 0.3 is 0 Å². The highest BCUT2D eigenvalue weighted by Crippen LogP contribution is 2.21. The minimum Gasteiger partial charge on any atom is -0.484 e. The van der Waals surface area contributed by atoms with Crippen molar-refractivity contribution in [3.63, 3.8) is 0 Å². The van der Waals surface area contributed by atoms with Gasteiger partial charge in [-0.15, -0.1) is 0 Å². The number of nitrogens with one attached hydrogen (secondary N) is 1. The normalized spacial score (nSPS) is 17.0. The Morgan fingerprint density at radius 3 is 2.58 bits per heavy atom. The number of amides is 2. The summed E-state index contributed by atoms with van der Waals surface area (Å²) in [6.45, 7) is 0.257. The molecular formula is C18H17FN2O3. The van der Waals surface area contributed by atoms with Gasteiger partial charge in [0, 0.05) is 18.7 Å². The van der Waals surface area contributed by atoms with Crippen molar-refractivity contribution in [3.05, 3.63) is 60.4 Å². The van der Waals surface area contributed by atoms with Gasteiger partial charge < -0.3 is 15.0 Å². The Kier molecular flexibility index (Phi) is 4.74. The van der Waals surface area contributed by atoms with Crippen LogP contribution in [0, 0.1) is 5.82 Å². The van der Waals surface area contributed by atoms with E-state index in [2.05, 4.69) is 5.32 Å². The minimum atomic E-state index is -0.353. The number of nitrogens with zero attached hydrogens (tertiary/aromatic N) is 1. The summed E-state index contributed by atoms with van der Waals surface area (Å²) in [5.74, 6) is -0.120. The SMILES string of the molecule is O=C(COc1ccccc1)NC1CC(=O)N(c2ccc(F)cc2)C1. The van der Waals surface area contributed by atoms with Gasteiger partial charge in [0.2, 0.25) is 5.91 Å². The van der Waals surface area contributed by atoms with Crippen LogP contribution in [-0.4, -0.2) is 31.0 Å². The summed E-state index contributed by atoms with van der Waals surface area (Å²) >= 11 is 0.